The van der Waals surface area contributed by atoms with E-state index < -0.39 is 23.4 Å². The zero-order valence-corrected chi connectivity index (χ0v) is 20.5. The first-order chi connectivity index (χ1) is 16.1. The lowest BCUT2D eigenvalue weighted by Crippen LogP contribution is -2.50. The first-order valence-electron chi connectivity index (χ1n) is 11.6. The maximum absolute atomic E-state index is 13.1. The monoisotopic (exact) mass is 468 g/mol. The van der Waals surface area contributed by atoms with E-state index >= 15 is 0 Å². The summed E-state index contributed by atoms with van der Waals surface area (Å²) in [5.41, 5.74) is 1.81. The first-order valence-corrected chi connectivity index (χ1v) is 11.6. The Morgan fingerprint density at radius 3 is 2.21 bits per heavy atom. The lowest BCUT2D eigenvalue weighted by Gasteiger charge is -2.32. The largest absolute Gasteiger partial charge is 0.481 e. The number of esters is 1. The highest BCUT2D eigenvalue weighted by molar-refractivity contribution is 5.96. The summed E-state index contributed by atoms with van der Waals surface area (Å²) in [6.07, 6.45) is 2.57. The lowest BCUT2D eigenvalue weighted by molar-refractivity contribution is -0.138. The highest BCUT2D eigenvalue weighted by atomic mass is 16.5. The summed E-state index contributed by atoms with van der Waals surface area (Å²) in [7, 11) is 1.32. The van der Waals surface area contributed by atoms with Crippen LogP contribution in [0.25, 0.3) is 0 Å². The first kappa shape index (κ1) is 27.1. The van der Waals surface area contributed by atoms with Crippen molar-refractivity contribution in [3.63, 3.8) is 0 Å². The maximum Gasteiger partial charge on any atom is 0.337 e. The van der Waals surface area contributed by atoms with E-state index in [1.165, 1.54) is 12.7 Å². The van der Waals surface area contributed by atoms with E-state index in [1.54, 1.807) is 24.3 Å². The van der Waals surface area contributed by atoms with Crippen molar-refractivity contribution in [1.29, 1.82) is 0 Å². The van der Waals surface area contributed by atoms with E-state index in [1.807, 2.05) is 39.0 Å². The fourth-order valence-electron chi connectivity index (χ4n) is 3.86. The molecule has 0 aliphatic rings. The number of amides is 1. The topological polar surface area (TPSA) is 105 Å². The molecule has 2 unspecified atom stereocenters. The number of benzene rings is 2. The molecule has 2 aromatic rings. The molecule has 7 nitrogen and oxygen atoms in total. The van der Waals surface area contributed by atoms with Crippen LogP contribution < -0.4 is 10.6 Å². The van der Waals surface area contributed by atoms with Gasteiger partial charge in [0.2, 0.25) is 5.91 Å². The van der Waals surface area contributed by atoms with Gasteiger partial charge in [-0.3, -0.25) is 9.59 Å². The Balaban J connectivity index is 1.99. The Bertz CT molecular complexity index is 936. The van der Waals surface area contributed by atoms with Crippen LogP contribution in [0, 0.1) is 11.3 Å². The molecule has 0 aromatic heterocycles. The summed E-state index contributed by atoms with van der Waals surface area (Å²) in [5, 5.41) is 15.6. The van der Waals surface area contributed by atoms with Gasteiger partial charge in [0.1, 0.15) is 0 Å². The Morgan fingerprint density at radius 2 is 1.65 bits per heavy atom. The molecule has 184 valence electrons. The van der Waals surface area contributed by atoms with E-state index in [2.05, 4.69) is 22.8 Å². The van der Waals surface area contributed by atoms with E-state index in [4.69, 9.17) is 4.74 Å². The predicted octanol–water partition coefficient (Wildman–Crippen LogP) is 4.53. The molecule has 34 heavy (non-hydrogen) atoms. The lowest BCUT2D eigenvalue weighted by atomic mass is 9.85. The van der Waals surface area contributed by atoms with Crippen LogP contribution in [0.3, 0.4) is 0 Å². The molecule has 0 bridgehead atoms. The predicted molar refractivity (Wildman–Crippen MR) is 133 cm³/mol. The Hall–Kier alpha value is -3.19. The van der Waals surface area contributed by atoms with Crippen LogP contribution in [-0.4, -0.2) is 42.6 Å². The van der Waals surface area contributed by atoms with E-state index in [-0.39, 0.29) is 18.2 Å². The second-order valence-electron chi connectivity index (χ2n) is 9.61. The van der Waals surface area contributed by atoms with Gasteiger partial charge in [-0.15, -0.1) is 0 Å². The molecule has 0 aliphatic heterocycles. The van der Waals surface area contributed by atoms with Gasteiger partial charge in [0.25, 0.3) is 0 Å². The fraction of sp³-hybridized carbons (Fsp3) is 0.444. The molecule has 0 radical (unpaired) electrons. The second-order valence-corrected chi connectivity index (χ2v) is 9.61. The van der Waals surface area contributed by atoms with Gasteiger partial charge in [-0.05, 0) is 67.0 Å². The van der Waals surface area contributed by atoms with Crippen molar-refractivity contribution in [3.8, 4) is 0 Å². The summed E-state index contributed by atoms with van der Waals surface area (Å²) in [6, 6.07) is 16.1. The number of aryl methyl sites for hydroxylation is 1. The molecule has 0 saturated heterocycles. The third kappa shape index (κ3) is 8.98. The highest BCUT2D eigenvalue weighted by Gasteiger charge is 2.32. The number of hydrogen-bond acceptors (Lipinski definition) is 5. The zero-order valence-electron chi connectivity index (χ0n) is 20.5. The summed E-state index contributed by atoms with van der Waals surface area (Å²) >= 11 is 0. The van der Waals surface area contributed by atoms with Crippen molar-refractivity contribution in [1.82, 2.24) is 5.32 Å². The van der Waals surface area contributed by atoms with Crippen molar-refractivity contribution in [2.24, 2.45) is 11.3 Å². The minimum absolute atomic E-state index is 0.0509. The molecule has 0 aliphatic carbocycles. The average molecular weight is 469 g/mol. The maximum atomic E-state index is 13.1. The van der Waals surface area contributed by atoms with Gasteiger partial charge in [-0.1, -0.05) is 51.1 Å². The number of hydrogen-bond donors (Lipinski definition) is 3. The van der Waals surface area contributed by atoms with Gasteiger partial charge in [0.05, 0.1) is 18.7 Å². The van der Waals surface area contributed by atoms with Gasteiger partial charge in [-0.25, -0.2) is 4.79 Å². The molecule has 0 heterocycles. The molecule has 7 heteroatoms. The van der Waals surface area contributed by atoms with E-state index in [9.17, 15) is 19.5 Å². The van der Waals surface area contributed by atoms with Crippen molar-refractivity contribution >= 4 is 23.5 Å². The minimum atomic E-state index is -0.839. The van der Waals surface area contributed by atoms with Crippen LogP contribution in [0.5, 0.6) is 0 Å². The van der Waals surface area contributed by atoms with Crippen molar-refractivity contribution in [3.05, 3.63) is 65.7 Å². The number of rotatable bonds is 12. The summed E-state index contributed by atoms with van der Waals surface area (Å²) in [6.45, 7) is 6.32. The number of aliphatic carboxylic acids is 1. The van der Waals surface area contributed by atoms with Gasteiger partial charge in [0.15, 0.2) is 0 Å². The summed E-state index contributed by atoms with van der Waals surface area (Å²) < 4.78 is 4.70. The molecule has 2 rings (SSSR count). The van der Waals surface area contributed by atoms with Crippen LogP contribution in [0.2, 0.25) is 0 Å². The SMILES string of the molecule is COC(=O)c1ccc(NC(=O)C(NCC(CCCc2ccccc2)CC(=O)O)C(C)(C)C)cc1. The van der Waals surface area contributed by atoms with Crippen LogP contribution in [0.15, 0.2) is 54.6 Å². The molecular weight excluding hydrogens is 432 g/mol. The molecule has 0 saturated carbocycles. The molecule has 2 aromatic carbocycles. The third-order valence-corrected chi connectivity index (χ3v) is 5.70. The molecule has 0 spiro atoms. The van der Waals surface area contributed by atoms with Crippen molar-refractivity contribution in [2.75, 3.05) is 19.0 Å². The standard InChI is InChI=1S/C27H36N2O5/c1-27(2,3)24(25(32)29-22-15-13-21(14-16-22)26(33)34-4)28-18-20(17-23(30)31)12-8-11-19-9-6-5-7-10-19/h5-7,9-10,13-16,20,24,28H,8,11-12,17-18H2,1-4H3,(H,29,32)(H,30,31). The quantitative estimate of drug-likeness (QED) is 0.395. The Morgan fingerprint density at radius 1 is 1.00 bits per heavy atom. The summed E-state index contributed by atoms with van der Waals surface area (Å²) in [4.78, 5) is 36.1. The average Bonchev–Trinajstić information content (AvgIpc) is 2.78. The van der Waals surface area contributed by atoms with Crippen LogP contribution in [0.1, 0.15) is 56.0 Å². The van der Waals surface area contributed by atoms with Crippen molar-refractivity contribution < 1.29 is 24.2 Å². The highest BCUT2D eigenvalue weighted by Crippen LogP contribution is 2.23. The number of anilines is 1. The molecule has 2 atom stereocenters. The van der Waals surface area contributed by atoms with Crippen LogP contribution >= 0.6 is 0 Å². The van der Waals surface area contributed by atoms with Gasteiger partial charge in [-0.2, -0.15) is 0 Å². The van der Waals surface area contributed by atoms with E-state index in [0.717, 1.165) is 19.3 Å². The number of nitrogens with one attached hydrogen (secondary N) is 2. The smallest absolute Gasteiger partial charge is 0.337 e. The summed E-state index contributed by atoms with van der Waals surface area (Å²) in [5.74, 6) is -1.58. The molecule has 1 amide bonds. The number of carbonyl (C=O) groups is 3. The van der Waals surface area contributed by atoms with Gasteiger partial charge >= 0.3 is 11.9 Å². The fourth-order valence-corrected chi connectivity index (χ4v) is 3.86. The molecule has 0 fully saturated rings. The number of ether oxygens (including phenoxy) is 1. The minimum Gasteiger partial charge on any atom is -0.481 e. The van der Waals surface area contributed by atoms with E-state index in [0.29, 0.717) is 17.8 Å². The third-order valence-electron chi connectivity index (χ3n) is 5.70. The van der Waals surface area contributed by atoms with Gasteiger partial charge < -0.3 is 20.5 Å². The van der Waals surface area contributed by atoms with Crippen LogP contribution in [-0.2, 0) is 20.7 Å². The molecule has 3 N–H and O–H groups in total. The van der Waals surface area contributed by atoms with Crippen molar-refractivity contribution in [2.45, 2.75) is 52.5 Å². The Labute approximate surface area is 201 Å². The second kappa shape index (κ2) is 12.9. The zero-order chi connectivity index (χ0) is 25.1. The number of carboxylic acid groups (broad SMARTS) is 1. The van der Waals surface area contributed by atoms with Crippen LogP contribution in [0.4, 0.5) is 5.69 Å². The number of methoxy groups -OCH3 is 1. The number of carboxylic acids is 1. The number of carbonyl (C=O) groups excluding carboxylic acids is 2. The molecular formula is C27H36N2O5. The van der Waals surface area contributed by atoms with Gasteiger partial charge in [0, 0.05) is 12.1 Å². The Kier molecular flexibility index (Phi) is 10.3. The normalized spacial score (nSPS) is 13.1.